The van der Waals surface area contributed by atoms with Gasteiger partial charge >= 0.3 is 0 Å². The number of guanidine groups is 1. The Hall–Kier alpha value is -2.44. The molecule has 106 valence electrons. The number of H-pyrrole nitrogens is 1. The molecule has 0 aliphatic rings. The van der Waals surface area contributed by atoms with Crippen LogP contribution >= 0.6 is 0 Å². The van der Waals surface area contributed by atoms with Crippen LogP contribution in [0.15, 0.2) is 29.4 Å². The van der Waals surface area contributed by atoms with Crippen molar-refractivity contribution in [2.75, 3.05) is 13.1 Å². The first-order valence-electron chi connectivity index (χ1n) is 6.62. The van der Waals surface area contributed by atoms with Crippen molar-refractivity contribution >= 4 is 5.96 Å². The highest BCUT2D eigenvalue weighted by Gasteiger charge is 2.07. The fraction of sp³-hybridized carbons (Fsp3) is 0.385. The minimum atomic E-state index is 0.377. The average molecular weight is 273 g/mol. The molecule has 7 heteroatoms. The maximum absolute atomic E-state index is 5.91. The molecular formula is C13H19N7. The number of nitrogens with one attached hydrogen (secondary N) is 1. The van der Waals surface area contributed by atoms with Gasteiger partial charge in [0.25, 0.3) is 0 Å². The molecule has 0 saturated carbocycles. The molecule has 20 heavy (non-hydrogen) atoms. The fourth-order valence-corrected chi connectivity index (χ4v) is 1.78. The van der Waals surface area contributed by atoms with Gasteiger partial charge in [-0.05, 0) is 26.0 Å². The van der Waals surface area contributed by atoms with Gasteiger partial charge in [-0.3, -0.25) is 10.1 Å². The number of nitrogens with two attached hydrogens (primary N) is 1. The lowest BCUT2D eigenvalue weighted by Crippen LogP contribution is -2.37. The second kappa shape index (κ2) is 6.65. The van der Waals surface area contributed by atoms with Crippen LogP contribution < -0.4 is 5.73 Å². The summed E-state index contributed by atoms with van der Waals surface area (Å²) < 4.78 is 0. The molecule has 0 aromatic carbocycles. The van der Waals surface area contributed by atoms with E-state index in [0.717, 1.165) is 18.8 Å². The van der Waals surface area contributed by atoms with Crippen molar-refractivity contribution in [3.8, 4) is 11.5 Å². The average Bonchev–Trinajstić information content (AvgIpc) is 2.96. The smallest absolute Gasteiger partial charge is 0.199 e. The van der Waals surface area contributed by atoms with Crippen molar-refractivity contribution in [1.82, 2.24) is 25.1 Å². The molecule has 0 aliphatic carbocycles. The summed E-state index contributed by atoms with van der Waals surface area (Å²) in [6.07, 6.45) is 1.71. The summed E-state index contributed by atoms with van der Waals surface area (Å²) in [5.74, 6) is 1.75. The Labute approximate surface area is 118 Å². The maximum Gasteiger partial charge on any atom is 0.199 e. The molecule has 7 nitrogen and oxygen atoms in total. The summed E-state index contributed by atoms with van der Waals surface area (Å²) in [4.78, 5) is 14.8. The molecule has 2 aromatic heterocycles. The normalized spacial score (nSPS) is 11.6. The van der Waals surface area contributed by atoms with Gasteiger partial charge in [0.1, 0.15) is 18.1 Å². The quantitative estimate of drug-likeness (QED) is 0.626. The summed E-state index contributed by atoms with van der Waals surface area (Å²) in [5.41, 5.74) is 6.64. The Balaban J connectivity index is 2.05. The molecular weight excluding hydrogens is 254 g/mol. The predicted octanol–water partition coefficient (Wildman–Crippen LogP) is 1.02. The van der Waals surface area contributed by atoms with E-state index in [-0.39, 0.29) is 0 Å². The Morgan fingerprint density at radius 3 is 2.80 bits per heavy atom. The van der Waals surface area contributed by atoms with Crippen LogP contribution in [0.4, 0.5) is 0 Å². The van der Waals surface area contributed by atoms with Crippen LogP contribution in [0.1, 0.15) is 19.7 Å². The number of pyridine rings is 1. The molecule has 2 aromatic rings. The van der Waals surface area contributed by atoms with Gasteiger partial charge in [0, 0.05) is 19.3 Å². The van der Waals surface area contributed by atoms with E-state index in [2.05, 4.69) is 25.2 Å². The Bertz CT molecular complexity index is 557. The van der Waals surface area contributed by atoms with E-state index in [4.69, 9.17) is 5.73 Å². The van der Waals surface area contributed by atoms with Crippen molar-refractivity contribution in [2.45, 2.75) is 20.4 Å². The highest BCUT2D eigenvalue weighted by atomic mass is 15.3. The second-order valence-electron chi connectivity index (χ2n) is 4.17. The first-order chi connectivity index (χ1) is 9.74. The molecule has 2 heterocycles. The van der Waals surface area contributed by atoms with Crippen LogP contribution in [0.2, 0.25) is 0 Å². The fourth-order valence-electron chi connectivity index (χ4n) is 1.78. The molecule has 0 spiro atoms. The van der Waals surface area contributed by atoms with E-state index in [1.165, 1.54) is 0 Å². The summed E-state index contributed by atoms with van der Waals surface area (Å²) in [6.45, 7) is 6.13. The van der Waals surface area contributed by atoms with E-state index < -0.39 is 0 Å². The molecule has 0 unspecified atom stereocenters. The Kier molecular flexibility index (Phi) is 4.65. The molecule has 0 radical (unpaired) electrons. The van der Waals surface area contributed by atoms with Gasteiger partial charge in [0.2, 0.25) is 0 Å². The van der Waals surface area contributed by atoms with E-state index in [1.807, 2.05) is 36.9 Å². The van der Waals surface area contributed by atoms with Gasteiger partial charge in [-0.15, -0.1) is 0 Å². The number of hydrogen-bond acceptors (Lipinski definition) is 4. The summed E-state index contributed by atoms with van der Waals surface area (Å²) in [6, 6.07) is 5.61. The number of rotatable bonds is 5. The van der Waals surface area contributed by atoms with Crippen LogP contribution in [-0.2, 0) is 6.54 Å². The van der Waals surface area contributed by atoms with Gasteiger partial charge < -0.3 is 10.6 Å². The minimum Gasteiger partial charge on any atom is -0.370 e. The third-order valence-electron chi connectivity index (χ3n) is 2.90. The Morgan fingerprint density at radius 2 is 2.15 bits per heavy atom. The molecule has 2 rings (SSSR count). The molecule has 3 N–H and O–H groups in total. The van der Waals surface area contributed by atoms with Crippen LogP contribution in [-0.4, -0.2) is 44.1 Å². The zero-order valence-corrected chi connectivity index (χ0v) is 11.7. The third-order valence-corrected chi connectivity index (χ3v) is 2.90. The van der Waals surface area contributed by atoms with Crippen molar-refractivity contribution < 1.29 is 0 Å². The molecule has 0 saturated heterocycles. The zero-order valence-electron chi connectivity index (χ0n) is 11.7. The number of hydrogen-bond donors (Lipinski definition) is 2. The van der Waals surface area contributed by atoms with Gasteiger partial charge in [0.05, 0.1) is 0 Å². The number of aromatic nitrogens is 4. The highest BCUT2D eigenvalue weighted by molar-refractivity contribution is 5.77. The molecule has 0 bridgehead atoms. The van der Waals surface area contributed by atoms with Crippen molar-refractivity contribution in [3.05, 3.63) is 30.2 Å². The number of aromatic amines is 1. The number of aliphatic imine (C=N–C) groups is 1. The lowest BCUT2D eigenvalue weighted by molar-refractivity contribution is 0.458. The molecule has 0 atom stereocenters. The first kappa shape index (κ1) is 14.0. The third kappa shape index (κ3) is 3.31. The monoisotopic (exact) mass is 273 g/mol. The molecule has 0 amide bonds. The van der Waals surface area contributed by atoms with E-state index in [1.54, 1.807) is 6.20 Å². The first-order valence-corrected chi connectivity index (χ1v) is 6.62. The van der Waals surface area contributed by atoms with Crippen LogP contribution in [0, 0.1) is 0 Å². The summed E-state index contributed by atoms with van der Waals surface area (Å²) in [7, 11) is 0. The highest BCUT2D eigenvalue weighted by Crippen LogP contribution is 2.10. The lowest BCUT2D eigenvalue weighted by Gasteiger charge is -2.18. The van der Waals surface area contributed by atoms with Gasteiger partial charge in [0.15, 0.2) is 11.8 Å². The molecule has 0 aliphatic heterocycles. The lowest BCUT2D eigenvalue weighted by atomic mass is 10.3. The number of nitrogens with zero attached hydrogens (tertiary/aromatic N) is 5. The van der Waals surface area contributed by atoms with Gasteiger partial charge in [-0.1, -0.05) is 6.07 Å². The van der Waals surface area contributed by atoms with Gasteiger partial charge in [-0.25, -0.2) is 9.98 Å². The SMILES string of the molecule is CCN(CC)C(N)=NCc1nc(-c2ccccn2)n[nH]1. The van der Waals surface area contributed by atoms with Gasteiger partial charge in [-0.2, -0.15) is 5.10 Å². The standard InChI is InChI=1S/C13H19N7/c1-3-20(4-2)13(14)16-9-11-17-12(19-18-11)10-7-5-6-8-15-10/h5-8H,3-4,9H2,1-2H3,(H2,14,16)(H,17,18,19). The molecule has 0 fully saturated rings. The zero-order chi connectivity index (χ0) is 14.4. The maximum atomic E-state index is 5.91. The predicted molar refractivity (Wildman–Crippen MR) is 77.9 cm³/mol. The summed E-state index contributed by atoms with van der Waals surface area (Å²) >= 11 is 0. The van der Waals surface area contributed by atoms with E-state index >= 15 is 0 Å². The van der Waals surface area contributed by atoms with E-state index in [0.29, 0.717) is 24.2 Å². The van der Waals surface area contributed by atoms with Crippen molar-refractivity contribution in [2.24, 2.45) is 10.7 Å². The van der Waals surface area contributed by atoms with Crippen molar-refractivity contribution in [1.29, 1.82) is 0 Å². The second-order valence-corrected chi connectivity index (χ2v) is 4.17. The minimum absolute atomic E-state index is 0.377. The van der Waals surface area contributed by atoms with Crippen molar-refractivity contribution in [3.63, 3.8) is 0 Å². The van der Waals surface area contributed by atoms with Crippen LogP contribution in [0.3, 0.4) is 0 Å². The summed E-state index contributed by atoms with van der Waals surface area (Å²) in [5, 5.41) is 6.98. The Morgan fingerprint density at radius 1 is 1.35 bits per heavy atom. The van der Waals surface area contributed by atoms with Crippen LogP contribution in [0.5, 0.6) is 0 Å². The van der Waals surface area contributed by atoms with E-state index in [9.17, 15) is 0 Å². The topological polar surface area (TPSA) is 96.1 Å². The van der Waals surface area contributed by atoms with Crippen LogP contribution in [0.25, 0.3) is 11.5 Å². The largest absolute Gasteiger partial charge is 0.370 e.